The van der Waals surface area contributed by atoms with E-state index in [2.05, 4.69) is 20.3 Å². The Bertz CT molecular complexity index is 821. The molecule has 0 saturated heterocycles. The van der Waals surface area contributed by atoms with E-state index in [1.807, 2.05) is 24.3 Å². The predicted molar refractivity (Wildman–Crippen MR) is 86.0 cm³/mol. The van der Waals surface area contributed by atoms with Crippen molar-refractivity contribution in [1.82, 2.24) is 24.8 Å². The van der Waals surface area contributed by atoms with Gasteiger partial charge in [0.2, 0.25) is 0 Å². The summed E-state index contributed by atoms with van der Waals surface area (Å²) in [6.45, 7) is 3.95. The quantitative estimate of drug-likeness (QED) is 0.524. The van der Waals surface area contributed by atoms with Gasteiger partial charge in [-0.05, 0) is 38.1 Å². The number of rotatable bonds is 5. The van der Waals surface area contributed by atoms with Crippen LogP contribution >= 0.6 is 11.8 Å². The molecule has 3 aromatic heterocycles. The Balaban J connectivity index is 1.91. The monoisotopic (exact) mass is 329 g/mol. The lowest BCUT2D eigenvalue weighted by atomic mass is 10.3. The molecule has 0 saturated carbocycles. The Morgan fingerprint density at radius 2 is 2.22 bits per heavy atom. The van der Waals surface area contributed by atoms with Crippen LogP contribution in [0, 0.1) is 0 Å². The maximum Gasteiger partial charge on any atom is 0.319 e. The van der Waals surface area contributed by atoms with Crippen molar-refractivity contribution in [3.05, 3.63) is 36.7 Å². The van der Waals surface area contributed by atoms with Gasteiger partial charge >= 0.3 is 5.97 Å². The smallest absolute Gasteiger partial charge is 0.319 e. The van der Waals surface area contributed by atoms with Crippen LogP contribution in [0.4, 0.5) is 0 Å². The van der Waals surface area contributed by atoms with Gasteiger partial charge in [-0.2, -0.15) is 9.61 Å². The summed E-state index contributed by atoms with van der Waals surface area (Å²) >= 11 is 1.34. The Morgan fingerprint density at radius 1 is 1.35 bits per heavy atom. The molecule has 0 radical (unpaired) electrons. The first kappa shape index (κ1) is 15.4. The molecule has 23 heavy (non-hydrogen) atoms. The molecular weight excluding hydrogens is 314 g/mol. The van der Waals surface area contributed by atoms with Gasteiger partial charge in [0.25, 0.3) is 0 Å². The van der Waals surface area contributed by atoms with Gasteiger partial charge in [0.15, 0.2) is 11.5 Å². The van der Waals surface area contributed by atoms with Crippen LogP contribution in [0.1, 0.15) is 13.8 Å². The van der Waals surface area contributed by atoms with E-state index in [9.17, 15) is 4.79 Å². The first-order chi connectivity index (χ1) is 11.2. The molecule has 8 heteroatoms. The second-order valence-electron chi connectivity index (χ2n) is 4.72. The molecule has 3 aromatic rings. The molecule has 0 unspecified atom stereocenters. The Morgan fingerprint density at radius 3 is 2.96 bits per heavy atom. The van der Waals surface area contributed by atoms with Gasteiger partial charge in [0.05, 0.1) is 6.61 Å². The topological polar surface area (TPSA) is 82.3 Å². The van der Waals surface area contributed by atoms with Crippen LogP contribution in [0.25, 0.3) is 17.0 Å². The Hall–Kier alpha value is -2.48. The van der Waals surface area contributed by atoms with Crippen LogP contribution in [0.2, 0.25) is 0 Å². The molecule has 1 atom stereocenters. The van der Waals surface area contributed by atoms with Crippen LogP contribution in [0.3, 0.4) is 0 Å². The lowest BCUT2D eigenvalue weighted by molar-refractivity contribution is -0.142. The van der Waals surface area contributed by atoms with Crippen molar-refractivity contribution in [2.45, 2.75) is 24.1 Å². The van der Waals surface area contributed by atoms with Gasteiger partial charge < -0.3 is 4.74 Å². The number of hydrogen-bond acceptors (Lipinski definition) is 7. The molecule has 0 N–H and O–H groups in total. The number of aromatic nitrogens is 5. The molecule has 0 bridgehead atoms. The zero-order valence-corrected chi connectivity index (χ0v) is 13.5. The van der Waals surface area contributed by atoms with Crippen molar-refractivity contribution in [3.63, 3.8) is 0 Å². The van der Waals surface area contributed by atoms with E-state index in [1.165, 1.54) is 11.8 Å². The molecule has 0 aliphatic heterocycles. The fraction of sp³-hybridized carbons (Fsp3) is 0.267. The first-order valence-corrected chi connectivity index (χ1v) is 8.03. The van der Waals surface area contributed by atoms with Crippen LogP contribution < -0.4 is 0 Å². The van der Waals surface area contributed by atoms with Gasteiger partial charge in [-0.15, -0.1) is 10.2 Å². The summed E-state index contributed by atoms with van der Waals surface area (Å²) in [6, 6.07) is 7.36. The molecular formula is C15H15N5O2S. The third-order valence-corrected chi connectivity index (χ3v) is 4.08. The van der Waals surface area contributed by atoms with E-state index in [0.29, 0.717) is 23.1 Å². The highest BCUT2D eigenvalue weighted by atomic mass is 32.2. The van der Waals surface area contributed by atoms with Crippen LogP contribution in [-0.2, 0) is 9.53 Å². The maximum atomic E-state index is 11.7. The highest BCUT2D eigenvalue weighted by Gasteiger charge is 2.17. The second-order valence-corrected chi connectivity index (χ2v) is 6.08. The second kappa shape index (κ2) is 6.74. The Labute approximate surface area is 137 Å². The number of carbonyl (C=O) groups is 1. The van der Waals surface area contributed by atoms with E-state index in [1.54, 1.807) is 30.8 Å². The molecule has 0 aliphatic rings. The molecule has 0 fully saturated rings. The first-order valence-electron chi connectivity index (χ1n) is 7.15. The van der Waals surface area contributed by atoms with E-state index < -0.39 is 0 Å². The highest BCUT2D eigenvalue weighted by molar-refractivity contribution is 8.00. The molecule has 3 rings (SSSR count). The molecule has 0 amide bonds. The summed E-state index contributed by atoms with van der Waals surface area (Å²) in [5.74, 6) is 0.356. The lowest BCUT2D eigenvalue weighted by Crippen LogP contribution is -2.17. The van der Waals surface area contributed by atoms with Crippen LogP contribution in [0.5, 0.6) is 0 Å². The predicted octanol–water partition coefficient (Wildman–Crippen LogP) is 2.23. The third-order valence-electron chi connectivity index (χ3n) is 3.07. The van der Waals surface area contributed by atoms with E-state index in [0.717, 1.165) is 5.56 Å². The number of nitrogens with zero attached hydrogens (tertiary/aromatic N) is 5. The van der Waals surface area contributed by atoms with Crippen molar-refractivity contribution in [2.24, 2.45) is 0 Å². The summed E-state index contributed by atoms with van der Waals surface area (Å²) < 4.78 is 6.66. The average Bonchev–Trinajstić information content (AvgIpc) is 2.99. The summed E-state index contributed by atoms with van der Waals surface area (Å²) in [5.41, 5.74) is 1.46. The number of esters is 1. The number of thioether (sulfide) groups is 1. The summed E-state index contributed by atoms with van der Waals surface area (Å²) in [7, 11) is 0. The maximum absolute atomic E-state index is 11.7. The van der Waals surface area contributed by atoms with Gasteiger partial charge in [-0.3, -0.25) is 9.78 Å². The molecule has 7 nitrogen and oxygen atoms in total. The fourth-order valence-electron chi connectivity index (χ4n) is 2.00. The normalized spacial score (nSPS) is 12.3. The number of pyridine rings is 1. The molecule has 3 heterocycles. The van der Waals surface area contributed by atoms with Gasteiger partial charge in [0, 0.05) is 18.0 Å². The summed E-state index contributed by atoms with van der Waals surface area (Å²) in [5, 5.41) is 13.1. The SMILES string of the molecule is CCOC(=O)[C@H](C)Sc1ccc2nnc(-c3cccnc3)n2n1. The molecule has 0 spiro atoms. The molecule has 0 aromatic carbocycles. The highest BCUT2D eigenvalue weighted by Crippen LogP contribution is 2.23. The molecule has 118 valence electrons. The van der Waals surface area contributed by atoms with Crippen molar-refractivity contribution < 1.29 is 9.53 Å². The van der Waals surface area contributed by atoms with Crippen molar-refractivity contribution in [1.29, 1.82) is 0 Å². The van der Waals surface area contributed by atoms with Crippen LogP contribution in [-0.4, -0.2) is 42.6 Å². The minimum atomic E-state index is -0.335. The van der Waals surface area contributed by atoms with E-state index >= 15 is 0 Å². The average molecular weight is 329 g/mol. The minimum Gasteiger partial charge on any atom is -0.465 e. The number of hydrogen-bond donors (Lipinski definition) is 0. The lowest BCUT2D eigenvalue weighted by Gasteiger charge is -2.09. The summed E-state index contributed by atoms with van der Waals surface area (Å²) in [6.07, 6.45) is 3.40. The van der Waals surface area contributed by atoms with Crippen molar-refractivity contribution in [2.75, 3.05) is 6.61 Å². The zero-order chi connectivity index (χ0) is 16.2. The number of ether oxygens (including phenoxy) is 1. The minimum absolute atomic E-state index is 0.254. The van der Waals surface area contributed by atoms with E-state index in [-0.39, 0.29) is 11.2 Å². The van der Waals surface area contributed by atoms with Crippen molar-refractivity contribution >= 4 is 23.4 Å². The van der Waals surface area contributed by atoms with E-state index in [4.69, 9.17) is 4.74 Å². The standard InChI is InChI=1S/C15H15N5O2S/c1-3-22-15(21)10(2)23-13-7-6-12-17-18-14(20(12)19-13)11-5-4-8-16-9-11/h4-10H,3H2,1-2H3/t10-/m0/s1. The van der Waals surface area contributed by atoms with Gasteiger partial charge in [-0.1, -0.05) is 11.8 Å². The molecule has 0 aliphatic carbocycles. The largest absolute Gasteiger partial charge is 0.465 e. The van der Waals surface area contributed by atoms with Gasteiger partial charge in [-0.25, -0.2) is 0 Å². The van der Waals surface area contributed by atoms with Crippen molar-refractivity contribution in [3.8, 4) is 11.4 Å². The van der Waals surface area contributed by atoms with Gasteiger partial charge in [0.1, 0.15) is 10.3 Å². The van der Waals surface area contributed by atoms with Crippen LogP contribution in [0.15, 0.2) is 41.7 Å². The zero-order valence-electron chi connectivity index (χ0n) is 12.7. The Kier molecular flexibility index (Phi) is 4.52. The number of carbonyl (C=O) groups excluding carboxylic acids is 1. The summed E-state index contributed by atoms with van der Waals surface area (Å²) in [4.78, 5) is 15.8. The fourth-order valence-corrected chi connectivity index (χ4v) is 2.80. The number of fused-ring (bicyclic) bond motifs is 1. The third kappa shape index (κ3) is 3.31.